The zero-order valence-electron chi connectivity index (χ0n) is 66.3. The molecule has 24 heteroatoms. The van der Waals surface area contributed by atoms with Crippen molar-refractivity contribution in [1.82, 2.24) is 0 Å². The molecule has 0 saturated heterocycles. The Morgan fingerprint density at radius 1 is 0.396 bits per heavy atom. The van der Waals surface area contributed by atoms with Crippen molar-refractivity contribution < 1.29 is 112 Å². The second-order valence-corrected chi connectivity index (χ2v) is 28.2. The Balaban J connectivity index is -0.000000445. The van der Waals surface area contributed by atoms with Crippen LogP contribution >= 0.6 is 0 Å². The summed E-state index contributed by atoms with van der Waals surface area (Å²) in [5.41, 5.74) is 3.42. The van der Waals surface area contributed by atoms with Crippen LogP contribution in [-0.4, -0.2) is 123 Å². The van der Waals surface area contributed by atoms with Crippen LogP contribution in [0.15, 0.2) is 72.8 Å². The Labute approximate surface area is 664 Å². The van der Waals surface area contributed by atoms with Gasteiger partial charge in [0.25, 0.3) is 0 Å². The molecule has 0 radical (unpaired) electrons. The van der Waals surface area contributed by atoms with E-state index in [4.69, 9.17) is 71.1 Å². The molecule has 0 heterocycles. The molecule has 0 aliphatic carbocycles. The summed E-state index contributed by atoms with van der Waals surface area (Å²) in [6.45, 7) is 33.5. The summed E-state index contributed by atoms with van der Waals surface area (Å²) in [7, 11) is 9.24. The van der Waals surface area contributed by atoms with Gasteiger partial charge >= 0.3 is 24.1 Å². The molecule has 3 unspecified atom stereocenters. The SMILES string of the molecule is C.C.C.C.C.C.CCC(C)(C(=O)OCCOc1c(COC)cc(F)cc1COC)C(F)(F)F.CCC(C)(C)C(=O)Oc1c(COC)cc(F)cc1COC.CCC(C)(F)C(=O)OCCOc1c(COC(C)(C)C)cc(C)cc1COC(C)(C)C.CCC(C)c1cccc(OCCOc2c(COC)cc(C)cc2COC)c1. The number of rotatable bonds is 38. The minimum atomic E-state index is -4.71. The highest BCUT2D eigenvalue weighted by atomic mass is 19.4. The van der Waals surface area contributed by atoms with Crippen molar-refractivity contribution >= 4 is 17.9 Å². The average molecular weight is 1590 g/mol. The van der Waals surface area contributed by atoms with Gasteiger partial charge in [-0.1, -0.05) is 127 Å². The van der Waals surface area contributed by atoms with E-state index in [1.54, 1.807) is 21.1 Å². The van der Waals surface area contributed by atoms with Gasteiger partial charge in [-0.2, -0.15) is 13.2 Å². The molecule has 0 spiro atoms. The predicted molar refractivity (Wildman–Crippen MR) is 432 cm³/mol. The maximum absolute atomic E-state index is 14.0. The second kappa shape index (κ2) is 54.6. The third-order valence-corrected chi connectivity index (χ3v) is 16.6. The third-order valence-electron chi connectivity index (χ3n) is 16.6. The van der Waals surface area contributed by atoms with Gasteiger partial charge in [0, 0.05) is 87.2 Å². The number of methoxy groups -OCH3 is 6. The Bertz CT molecular complexity index is 3310. The molecule has 5 aromatic rings. The summed E-state index contributed by atoms with van der Waals surface area (Å²) in [6.07, 6.45) is -3.33. The summed E-state index contributed by atoms with van der Waals surface area (Å²) in [5.74, 6) is 0.00751. The minimum absolute atomic E-state index is 0. The molecule has 3 atom stereocenters. The summed E-state index contributed by atoms with van der Waals surface area (Å²) in [4.78, 5) is 35.9. The second-order valence-electron chi connectivity index (χ2n) is 28.2. The van der Waals surface area contributed by atoms with Crippen LogP contribution in [0.4, 0.5) is 26.3 Å². The van der Waals surface area contributed by atoms with Gasteiger partial charge in [-0.3, -0.25) is 9.59 Å². The van der Waals surface area contributed by atoms with Crippen molar-refractivity contribution in [2.75, 3.05) is 82.3 Å². The third kappa shape index (κ3) is 39.0. The highest BCUT2D eigenvalue weighted by Crippen LogP contribution is 2.42. The van der Waals surface area contributed by atoms with E-state index in [0.29, 0.717) is 85.7 Å². The fourth-order valence-corrected chi connectivity index (χ4v) is 9.64. The van der Waals surface area contributed by atoms with Crippen LogP contribution in [0.25, 0.3) is 0 Å². The molecule has 18 nitrogen and oxygen atoms in total. The first-order valence-electron chi connectivity index (χ1n) is 35.2. The molecule has 0 saturated carbocycles. The number of hydrogen-bond acceptors (Lipinski definition) is 18. The lowest BCUT2D eigenvalue weighted by Gasteiger charge is -2.28. The first-order chi connectivity index (χ1) is 49.2. The van der Waals surface area contributed by atoms with E-state index >= 15 is 0 Å². The summed E-state index contributed by atoms with van der Waals surface area (Å²) < 4.78 is 162. The van der Waals surface area contributed by atoms with Gasteiger partial charge in [0.2, 0.25) is 5.67 Å². The molecule has 5 rings (SSSR count). The first kappa shape index (κ1) is 113. The number of benzene rings is 5. The number of carbonyl (C=O) groups excluding carboxylic acids is 3. The van der Waals surface area contributed by atoms with Crippen molar-refractivity contribution in [3.05, 3.63) is 146 Å². The highest BCUT2D eigenvalue weighted by Gasteiger charge is 2.56. The molecule has 640 valence electrons. The molecule has 0 aromatic heterocycles. The maximum Gasteiger partial charge on any atom is 0.404 e. The van der Waals surface area contributed by atoms with Crippen LogP contribution in [0.3, 0.4) is 0 Å². The fourth-order valence-electron chi connectivity index (χ4n) is 9.64. The van der Waals surface area contributed by atoms with E-state index in [1.807, 2.05) is 93.5 Å². The van der Waals surface area contributed by atoms with E-state index in [2.05, 4.69) is 45.0 Å². The number of carbonyl (C=O) groups is 3. The Hall–Kier alpha value is -7.03. The van der Waals surface area contributed by atoms with Gasteiger partial charge in [0.1, 0.15) is 80.0 Å². The van der Waals surface area contributed by atoms with Gasteiger partial charge < -0.3 is 71.1 Å². The highest BCUT2D eigenvalue weighted by molar-refractivity contribution is 5.79. The van der Waals surface area contributed by atoms with Crippen molar-refractivity contribution in [2.24, 2.45) is 10.8 Å². The van der Waals surface area contributed by atoms with Crippen LogP contribution in [0.1, 0.15) is 241 Å². The number of hydrogen-bond donors (Lipinski definition) is 0. The zero-order chi connectivity index (χ0) is 79.5. The number of aryl methyl sites for hydroxylation is 2. The van der Waals surface area contributed by atoms with E-state index in [0.717, 1.165) is 52.7 Å². The van der Waals surface area contributed by atoms with E-state index in [1.165, 1.54) is 77.7 Å². The number of ether oxygens (including phenoxy) is 15. The summed E-state index contributed by atoms with van der Waals surface area (Å²) in [5, 5.41) is 0. The van der Waals surface area contributed by atoms with Crippen LogP contribution in [-0.2, 0) is 115 Å². The molecule has 0 N–H and O–H groups in total. The van der Waals surface area contributed by atoms with Gasteiger partial charge in [0.05, 0.1) is 69.5 Å². The fraction of sp³-hybridized carbons (Fsp3) is 0.621. The van der Waals surface area contributed by atoms with Gasteiger partial charge in [0.15, 0.2) is 5.41 Å². The Morgan fingerprint density at radius 3 is 1.04 bits per heavy atom. The van der Waals surface area contributed by atoms with Gasteiger partial charge in [-0.15, -0.1) is 0 Å². The quantitative estimate of drug-likeness (QED) is 0.0157. The number of alkyl halides is 4. The molecule has 0 bridgehead atoms. The molecule has 0 amide bonds. The Morgan fingerprint density at radius 2 is 0.721 bits per heavy atom. The molecule has 5 aromatic carbocycles. The van der Waals surface area contributed by atoms with E-state index < -0.39 is 52.7 Å². The zero-order valence-corrected chi connectivity index (χ0v) is 66.3. The summed E-state index contributed by atoms with van der Waals surface area (Å²) in [6, 6.07) is 21.6. The molecular weight excluding hydrogens is 1450 g/mol. The Kier molecular flexibility index (Phi) is 55.4. The molecule has 111 heavy (non-hydrogen) atoms. The standard InChI is InChI=1S/C24H39FO5.C23H32O4.C18H24F4O5.C16H23FO4.6CH4/c1-10-24(9,25)21(26)28-12-11-27-20-18(15-29-22(3,4)5)13-17(2)14-19(20)16-30-23(6,7)8;1-6-18(3)19-8-7-9-22(14-19)26-10-11-27-23-20(15-24-4)12-17(2)13-21(23)16-25-5;1-5-17(2,18(20,21)22)16(23)27-7-6-26-15-12(10-24-3)8-14(19)9-13(15)11-25-4;1-6-16(2,3)15(18)21-14-11(9-19-4)7-13(17)8-12(14)10-20-5;;;;;;/h13-14H,10-12,15-16H2,1-9H3;7-9,12-14,18H,6,10-11,15-16H2,1-5H3;8-9H,5-7,10-11H2,1-4H3;7-8H,6,9-10H2,1-5H3;6*1H4. The predicted octanol–water partition coefficient (Wildman–Crippen LogP) is 22.2. The molecule has 0 aliphatic heterocycles. The van der Waals surface area contributed by atoms with Crippen LogP contribution in [0.2, 0.25) is 0 Å². The monoisotopic (exact) mass is 1590 g/mol. The maximum atomic E-state index is 14.0. The lowest BCUT2D eigenvalue weighted by molar-refractivity contribution is -0.231. The van der Waals surface area contributed by atoms with Crippen LogP contribution in [0.5, 0.6) is 28.7 Å². The molecule has 0 aliphatic rings. The van der Waals surface area contributed by atoms with E-state index in [9.17, 15) is 40.7 Å². The largest absolute Gasteiger partial charge is 0.490 e. The molecule has 0 fully saturated rings. The van der Waals surface area contributed by atoms with Crippen molar-refractivity contribution in [3.63, 3.8) is 0 Å². The van der Waals surface area contributed by atoms with E-state index in [-0.39, 0.29) is 127 Å². The van der Waals surface area contributed by atoms with Crippen LogP contribution in [0, 0.1) is 36.3 Å². The smallest absolute Gasteiger partial charge is 0.404 e. The topological polar surface area (TPSA) is 190 Å². The lowest BCUT2D eigenvalue weighted by Crippen LogP contribution is -2.43. The van der Waals surface area contributed by atoms with Crippen molar-refractivity contribution in [1.29, 1.82) is 0 Å². The van der Waals surface area contributed by atoms with Crippen molar-refractivity contribution in [2.45, 2.75) is 270 Å². The minimum Gasteiger partial charge on any atom is -0.490 e. The normalized spacial score (nSPS) is 12.4. The average Bonchev–Trinajstić information content (AvgIpc) is 0.818. The van der Waals surface area contributed by atoms with Crippen LogP contribution < -0.4 is 23.7 Å². The van der Waals surface area contributed by atoms with Gasteiger partial charge in [-0.25, -0.2) is 18.0 Å². The first-order valence-corrected chi connectivity index (χ1v) is 35.2. The van der Waals surface area contributed by atoms with Crippen molar-refractivity contribution in [3.8, 4) is 28.7 Å². The number of halogens is 6. The van der Waals surface area contributed by atoms with Gasteiger partial charge in [-0.05, 0) is 157 Å². The number of esters is 3. The molecular formula is C87H142F6O18. The lowest BCUT2D eigenvalue weighted by atomic mass is 9.87. The summed E-state index contributed by atoms with van der Waals surface area (Å²) >= 11 is 0.